The summed E-state index contributed by atoms with van der Waals surface area (Å²) in [6.07, 6.45) is 39.6. The number of rotatable bonds is 32. The molecule has 13 aliphatic rings. The average molecular weight is 2030 g/mol. The number of hydrogen-bond donors (Lipinski definition) is 12. The first kappa shape index (κ1) is 103. The molecule has 21 rings (SSSR count). The average Bonchev–Trinajstić information content (AvgIpc) is 1.62. The molecule has 32 nitrogen and oxygen atoms in total. The molecular formula is C107H144N20O12S4. The third-order valence-electron chi connectivity index (χ3n) is 31.3. The Morgan fingerprint density at radius 3 is 0.776 bits per heavy atom. The monoisotopic (exact) mass is 2030 g/mol. The number of thiazole rings is 4. The molecule has 143 heavy (non-hydrogen) atoms. The predicted molar refractivity (Wildman–Crippen MR) is 559 cm³/mol. The zero-order valence-corrected chi connectivity index (χ0v) is 88.8. The van der Waals surface area contributed by atoms with E-state index in [0.29, 0.717) is 54.4 Å². The first-order valence-electron chi connectivity index (χ1n) is 52.2. The van der Waals surface area contributed by atoms with E-state index in [0.717, 1.165) is 220 Å². The maximum Gasteiger partial charge on any atom is 0.280 e. The van der Waals surface area contributed by atoms with Gasteiger partial charge in [0.1, 0.15) is 46.0 Å². The standard InChI is InChI=1S/C28H37N5O3S.C27H37N5O3S.2C26H35N5O3S/c1-15-12-21(31-22(16-4-5-16)17-6-7-17)29-13-20(15)24-23(27(35)33-18-8-9-19(33)11-10-18)32-26(37-24)25(34)30-14-28(2,3)36;1-5-20(16-6-7-16)30-21-12-15(2)19(13-28-21)23-22(26(34)32-17-8-9-18(32)11-10-17)31-25(36-23)24(33)29-14-27(3,4)35;2*1-15-12-19(30-26(4)10-5-11-26)27-13-18(15)21-20(24(33)31-16-6-7-17(31)9-8-16)29-23(35-21)22(32)28-14-25(2,3)34/h12-13,16-19,22,36H,4-11,14H2,1-3H3,(H,29,31)(H,30,34);12-13,16-18,20,35H,5-11,14H2,1-4H3,(H,28,30)(H,29,33);2*12-13,16-17,34H,5-11,14H2,1-4H3,(H,27,30)(H,28,32)/t;17?,18?,20-;;/m.1../s1. The highest BCUT2D eigenvalue weighted by Gasteiger charge is 2.50. The number of carbonyl (C=O) groups is 8. The van der Waals surface area contributed by atoms with E-state index in [9.17, 15) is 58.8 Å². The number of anilines is 4. The number of nitrogens with one attached hydrogen (secondary N) is 8. The smallest absolute Gasteiger partial charge is 0.280 e. The van der Waals surface area contributed by atoms with Gasteiger partial charge in [-0.3, -0.25) is 38.4 Å². The number of aromatic nitrogens is 8. The fourth-order valence-electron chi connectivity index (χ4n) is 22.6. The number of aliphatic hydroxyl groups is 4. The second-order valence-electron chi connectivity index (χ2n) is 45.9. The van der Waals surface area contributed by atoms with Crippen molar-refractivity contribution in [3.05, 3.63) is 114 Å². The summed E-state index contributed by atoms with van der Waals surface area (Å²) in [5.41, 5.74) is 4.65. The second kappa shape index (κ2) is 41.3. The van der Waals surface area contributed by atoms with E-state index >= 15 is 0 Å². The highest BCUT2D eigenvalue weighted by atomic mass is 32.1. The van der Waals surface area contributed by atoms with E-state index in [1.54, 1.807) is 74.0 Å². The number of fused-ring (bicyclic) bond motifs is 8. The summed E-state index contributed by atoms with van der Waals surface area (Å²) in [4.78, 5) is 154. The van der Waals surface area contributed by atoms with Crippen molar-refractivity contribution in [2.75, 3.05) is 47.4 Å². The van der Waals surface area contributed by atoms with E-state index in [2.05, 4.69) is 104 Å². The van der Waals surface area contributed by atoms with Crippen molar-refractivity contribution in [2.45, 2.75) is 384 Å². The maximum atomic E-state index is 13.8. The van der Waals surface area contributed by atoms with E-state index in [1.807, 2.05) is 71.7 Å². The third kappa shape index (κ3) is 23.6. The molecule has 8 amide bonds. The summed E-state index contributed by atoms with van der Waals surface area (Å²) in [6.45, 7) is 28.2. The lowest BCUT2D eigenvalue weighted by Gasteiger charge is -2.39. The molecule has 13 fully saturated rings. The number of carbonyl (C=O) groups excluding carboxylic acids is 8. The molecule has 8 aromatic rings. The van der Waals surface area contributed by atoms with Gasteiger partial charge in [-0.2, -0.15) is 0 Å². The van der Waals surface area contributed by atoms with Gasteiger partial charge >= 0.3 is 0 Å². The molecule has 5 aliphatic carbocycles. The van der Waals surface area contributed by atoms with E-state index in [4.69, 9.17) is 4.98 Å². The van der Waals surface area contributed by atoms with Crippen molar-refractivity contribution in [3.8, 4) is 41.8 Å². The largest absolute Gasteiger partial charge is 0.389 e. The van der Waals surface area contributed by atoms with Crippen LogP contribution >= 0.6 is 45.3 Å². The molecule has 8 aromatic heterocycles. The SMILES string of the molecule is CC[C@@H](Nc1cc(C)c(-c2sc(C(=O)NCC(C)(C)O)nc2C(=O)N2C3CCC2CC3)cn1)C1CC1.Cc1cc(NC(C2CC2)C2CC2)ncc1-c1sc(C(=O)NCC(C)(C)O)nc1C(=O)N1C2CCC1CC2.Cc1cc(NC2(C)CCC2)ncc1-c1sc(C(=O)NCC(C)(C)O)nc1C(=O)N1C2CCC1CC2.Cc1cc(NC2(C)CCC2)ncc1-c1sc(C(=O)NCC(C)(C)O)nc1C(=O)N1C2CCC1CC2. The van der Waals surface area contributed by atoms with Gasteiger partial charge in [-0.1, -0.05) is 6.92 Å². The molecule has 0 aromatic carbocycles. The summed E-state index contributed by atoms with van der Waals surface area (Å²) in [5.74, 6) is 3.74. The van der Waals surface area contributed by atoms with Crippen molar-refractivity contribution in [1.29, 1.82) is 0 Å². The first-order valence-corrected chi connectivity index (χ1v) is 55.5. The number of amides is 8. The van der Waals surface area contributed by atoms with Gasteiger partial charge in [0.25, 0.3) is 47.3 Å². The summed E-state index contributed by atoms with van der Waals surface area (Å²) >= 11 is 4.89. The van der Waals surface area contributed by atoms with Crippen molar-refractivity contribution >= 4 is 116 Å². The minimum Gasteiger partial charge on any atom is -0.389 e. The zero-order valence-electron chi connectivity index (χ0n) is 85.5. The van der Waals surface area contributed by atoms with Gasteiger partial charge < -0.3 is 82.6 Å². The Morgan fingerprint density at radius 1 is 0.350 bits per heavy atom. The van der Waals surface area contributed by atoms with Crippen LogP contribution in [0.2, 0.25) is 0 Å². The Morgan fingerprint density at radius 2 is 0.573 bits per heavy atom. The van der Waals surface area contributed by atoms with Crippen molar-refractivity contribution in [1.82, 2.24) is 80.7 Å². The topological polar surface area (TPSA) is 430 Å². The minimum atomic E-state index is -1.04. The summed E-state index contributed by atoms with van der Waals surface area (Å²) < 4.78 is 0. The van der Waals surface area contributed by atoms with Crippen LogP contribution in [0.5, 0.6) is 0 Å². The number of hydrogen-bond acceptors (Lipinski definition) is 28. The highest BCUT2D eigenvalue weighted by molar-refractivity contribution is 7.18. The highest BCUT2D eigenvalue weighted by Crippen LogP contribution is 2.51. The molecule has 12 N–H and O–H groups in total. The van der Waals surface area contributed by atoms with Gasteiger partial charge in [0.2, 0.25) is 0 Å². The number of nitrogens with zero attached hydrogens (tertiary/aromatic N) is 12. The fourth-order valence-corrected chi connectivity index (χ4v) is 26.8. The van der Waals surface area contributed by atoms with Gasteiger partial charge in [0.15, 0.2) is 20.0 Å². The summed E-state index contributed by atoms with van der Waals surface area (Å²) in [7, 11) is 0. The van der Waals surface area contributed by atoms with Crippen LogP contribution in [0.15, 0.2) is 49.1 Å². The Labute approximate surface area is 854 Å². The van der Waals surface area contributed by atoms with Gasteiger partial charge in [-0.15, -0.1) is 45.3 Å². The van der Waals surface area contributed by atoms with Gasteiger partial charge in [-0.05, 0) is 347 Å². The molecule has 1 atom stereocenters. The first-order chi connectivity index (χ1) is 67.9. The quantitative estimate of drug-likeness (QED) is 0.0186. The molecule has 0 unspecified atom stereocenters. The second-order valence-corrected chi connectivity index (χ2v) is 49.9. The zero-order chi connectivity index (χ0) is 101. The summed E-state index contributed by atoms with van der Waals surface area (Å²) in [5, 5.41) is 66.3. The van der Waals surface area contributed by atoms with Crippen molar-refractivity contribution in [2.24, 2.45) is 17.8 Å². The molecule has 16 heterocycles. The molecule has 8 bridgehead atoms. The third-order valence-corrected chi connectivity index (χ3v) is 35.7. The lowest BCUT2D eigenvalue weighted by Crippen LogP contribution is -2.41. The molecule has 8 aliphatic heterocycles. The van der Waals surface area contributed by atoms with Crippen LogP contribution in [-0.4, -0.2) is 247 Å². The van der Waals surface area contributed by atoms with Gasteiger partial charge in [0.05, 0.1) is 41.9 Å². The van der Waals surface area contributed by atoms with Gasteiger partial charge in [0, 0.05) is 145 Å². The molecule has 768 valence electrons. The van der Waals surface area contributed by atoms with Gasteiger partial charge in [-0.25, -0.2) is 39.9 Å². The predicted octanol–water partition coefficient (Wildman–Crippen LogP) is 17.0. The van der Waals surface area contributed by atoms with E-state index in [-0.39, 0.29) is 153 Å². The van der Waals surface area contributed by atoms with Crippen LogP contribution in [0.25, 0.3) is 41.8 Å². The van der Waals surface area contributed by atoms with Crippen molar-refractivity contribution < 1.29 is 58.8 Å². The molecule has 5 saturated carbocycles. The molecule has 36 heteroatoms. The Hall–Kier alpha value is -10.1. The van der Waals surface area contributed by atoms with E-state index in [1.165, 1.54) is 96.7 Å². The van der Waals surface area contributed by atoms with Crippen LogP contribution in [0, 0.1) is 45.4 Å². The molecule has 0 radical (unpaired) electrons. The van der Waals surface area contributed by atoms with Crippen LogP contribution in [0.3, 0.4) is 0 Å². The normalized spacial score (nSPS) is 22.7. The molecule has 8 saturated heterocycles. The van der Waals surface area contributed by atoms with E-state index < -0.39 is 22.4 Å². The summed E-state index contributed by atoms with van der Waals surface area (Å²) in [6, 6.07) is 11.2. The van der Waals surface area contributed by atoms with Crippen LogP contribution in [-0.2, 0) is 0 Å². The number of pyridine rings is 4. The van der Waals surface area contributed by atoms with Crippen molar-refractivity contribution in [3.63, 3.8) is 0 Å². The molecular weight excluding hydrogens is 1890 g/mol. The minimum absolute atomic E-state index is 0.0816. The van der Waals surface area contributed by atoms with Crippen LogP contribution in [0.4, 0.5) is 23.3 Å². The lowest BCUT2D eigenvalue weighted by molar-refractivity contribution is 0.0691. The Balaban J connectivity index is 0.000000126. The number of aryl methyl sites for hydroxylation is 4. The lowest BCUT2D eigenvalue weighted by atomic mass is 9.78. The molecule has 0 spiro atoms. The Kier molecular flexibility index (Phi) is 29.7. The fraction of sp³-hybridized carbons (Fsp3) is 0.626. The maximum absolute atomic E-state index is 13.8. The van der Waals surface area contributed by atoms with Crippen LogP contribution in [0.1, 0.15) is 366 Å². The Bertz CT molecular complexity index is 5850. The van der Waals surface area contributed by atoms with Crippen LogP contribution < -0.4 is 42.5 Å².